The fourth-order valence-electron chi connectivity index (χ4n) is 10.7. The number of benzene rings is 8. The smallest absolute Gasteiger partial charge is 0.411 e. The summed E-state index contributed by atoms with van der Waals surface area (Å²) in [7, 11) is 1.34. The average Bonchev–Trinajstić information content (AvgIpc) is 2.99. The van der Waals surface area contributed by atoms with Gasteiger partial charge in [0.05, 0.1) is 73.4 Å². The third-order valence-electron chi connectivity index (χ3n) is 15.3. The van der Waals surface area contributed by atoms with Crippen LogP contribution in [-0.2, 0) is 35.8 Å². The number of nitrogens with one attached hydrogen (secondary N) is 2. The minimum atomic E-state index is -0.647. The lowest BCUT2D eigenvalue weighted by molar-refractivity contribution is 0.143. The summed E-state index contributed by atoms with van der Waals surface area (Å²) in [6.45, 7) is 2.34. The van der Waals surface area contributed by atoms with Crippen LogP contribution in [0.1, 0.15) is 51.8 Å². The van der Waals surface area contributed by atoms with Crippen LogP contribution in [-0.4, -0.2) is 43.7 Å². The lowest BCUT2D eigenvalue weighted by Gasteiger charge is -2.09. The Hall–Kier alpha value is -11.1. The summed E-state index contributed by atoms with van der Waals surface area (Å²) in [5, 5.41) is 5.66. The lowest BCUT2D eigenvalue weighted by atomic mass is 10.0. The Bertz CT molecular complexity index is 4910. The monoisotopic (exact) mass is 1130 g/mol. The molecule has 0 aliphatic heterocycles. The van der Waals surface area contributed by atoms with Gasteiger partial charge >= 0.3 is 12.2 Å². The SMILES string of the molecule is Cc1ccc(Cc2ccc(NC(=O)OCCCCOC(=O)Nc3ccc(Cc4ccc(-n5c(=O)c6cc7c(=O)n(-c8ccc(Cc9ccc(-n%10c(=O)c%11cc%12c(=O)n(C)c(=O)c%12cc%11c%10=O)cc9)cc8)c(=O)c7cc6c5=O)cc4)cc3)cc2)cc1. The number of aryl methyl sites for hydroxylation is 1. The number of aromatic nitrogens is 4. The second kappa shape index (κ2) is 22.3. The van der Waals surface area contributed by atoms with Gasteiger partial charge in [-0.3, -0.25) is 53.6 Å². The van der Waals surface area contributed by atoms with Gasteiger partial charge in [-0.05, 0) is 157 Å². The lowest BCUT2D eigenvalue weighted by Crippen LogP contribution is -2.24. The van der Waals surface area contributed by atoms with E-state index in [2.05, 4.69) is 41.8 Å². The Kier molecular flexibility index (Phi) is 14.3. The molecule has 0 spiro atoms. The maximum atomic E-state index is 13.9. The van der Waals surface area contributed by atoms with Crippen molar-refractivity contribution in [3.8, 4) is 17.1 Å². The molecule has 2 N–H and O–H groups in total. The number of hydrogen-bond donors (Lipinski definition) is 2. The van der Waals surface area contributed by atoms with Crippen molar-refractivity contribution in [2.45, 2.75) is 39.0 Å². The molecule has 8 aromatic carbocycles. The summed E-state index contributed by atoms with van der Waals surface area (Å²) in [5.41, 5.74) is 4.18. The van der Waals surface area contributed by atoms with E-state index in [9.17, 15) is 47.9 Å². The standard InChI is InChI=1S/C67H50N6O12/c1-38-5-7-39(8-6-38)31-40-9-19-45(20-10-40)68-66(82)84-29-3-4-30-85-67(83)69-46-21-11-41(12-22-46)32-42-13-23-48(24-14-42)72-62(78)54-36-56-57(37-55(54)63(72)79)65(81)73(64(56)80)49-27-17-44(18-28-49)33-43-15-25-47(26-16-43)71-60(76)52-34-50-51(35-53(52)61(71)77)59(75)70(2)58(50)74/h5-28,34-37H,3-4,29-33H2,1-2H3,(H,68,82)(H,69,83). The first-order valence-electron chi connectivity index (χ1n) is 27.3. The van der Waals surface area contributed by atoms with E-state index < -0.39 is 56.7 Å². The molecule has 0 radical (unpaired) electrons. The van der Waals surface area contributed by atoms with E-state index >= 15 is 0 Å². The minimum Gasteiger partial charge on any atom is -0.449 e. The highest BCUT2D eigenvalue weighted by Crippen LogP contribution is 2.23. The number of anilines is 2. The zero-order chi connectivity index (χ0) is 59.2. The highest BCUT2D eigenvalue weighted by Gasteiger charge is 2.23. The molecule has 4 heterocycles. The molecule has 4 aromatic heterocycles. The summed E-state index contributed by atoms with van der Waals surface area (Å²) in [5.74, 6) is 0. The second-order valence-electron chi connectivity index (χ2n) is 21.0. The topological polar surface area (TPSA) is 233 Å². The van der Waals surface area contributed by atoms with E-state index in [4.69, 9.17) is 9.47 Å². The predicted molar refractivity (Wildman–Crippen MR) is 326 cm³/mol. The summed E-state index contributed by atoms with van der Waals surface area (Å²) in [4.78, 5) is 132. The molecule has 0 atom stereocenters. The molecule has 0 saturated carbocycles. The van der Waals surface area contributed by atoms with Crippen LogP contribution in [0.25, 0.3) is 60.2 Å². The molecule has 0 aliphatic rings. The van der Waals surface area contributed by atoms with Gasteiger partial charge in [-0.25, -0.2) is 23.3 Å². The van der Waals surface area contributed by atoms with Gasteiger partial charge in [-0.1, -0.05) is 90.5 Å². The van der Waals surface area contributed by atoms with Crippen LogP contribution in [0.4, 0.5) is 21.0 Å². The van der Waals surface area contributed by atoms with E-state index in [1.54, 1.807) is 84.9 Å². The molecule has 85 heavy (non-hydrogen) atoms. The largest absolute Gasteiger partial charge is 0.449 e. The van der Waals surface area contributed by atoms with Gasteiger partial charge < -0.3 is 9.47 Å². The molecule has 0 bridgehead atoms. The molecule has 12 rings (SSSR count). The van der Waals surface area contributed by atoms with Gasteiger partial charge in [0.2, 0.25) is 0 Å². The number of fused-ring (bicyclic) bond motifs is 4. The van der Waals surface area contributed by atoms with E-state index in [1.165, 1.54) is 42.4 Å². The van der Waals surface area contributed by atoms with E-state index in [0.717, 1.165) is 52.5 Å². The molecule has 2 amide bonds. The molecule has 0 fully saturated rings. The maximum absolute atomic E-state index is 13.9. The van der Waals surface area contributed by atoms with Crippen molar-refractivity contribution >= 4 is 66.7 Å². The number of carbonyl (C=O) groups is 2. The molecule has 12 aromatic rings. The Morgan fingerprint density at radius 3 is 0.847 bits per heavy atom. The number of unbranched alkanes of at least 4 members (excludes halogenated alkanes) is 1. The average molecular weight is 1130 g/mol. The minimum absolute atomic E-state index is 0.000994. The van der Waals surface area contributed by atoms with E-state index in [0.29, 0.717) is 48.4 Å². The van der Waals surface area contributed by atoms with Gasteiger partial charge in [0.15, 0.2) is 0 Å². The molecule has 0 unspecified atom stereocenters. The first-order valence-corrected chi connectivity index (χ1v) is 27.3. The summed E-state index contributed by atoms with van der Waals surface area (Å²) >= 11 is 0. The van der Waals surface area contributed by atoms with Crippen molar-refractivity contribution in [2.24, 2.45) is 7.05 Å². The maximum Gasteiger partial charge on any atom is 0.411 e. The summed E-state index contributed by atoms with van der Waals surface area (Å²) in [6, 6.07) is 48.8. The van der Waals surface area contributed by atoms with Crippen LogP contribution in [0.2, 0.25) is 0 Å². The van der Waals surface area contributed by atoms with Crippen LogP contribution >= 0.6 is 0 Å². The van der Waals surface area contributed by atoms with Crippen molar-refractivity contribution in [1.82, 2.24) is 18.3 Å². The van der Waals surface area contributed by atoms with Gasteiger partial charge in [0.25, 0.3) is 44.5 Å². The van der Waals surface area contributed by atoms with Crippen molar-refractivity contribution in [2.75, 3.05) is 23.8 Å². The van der Waals surface area contributed by atoms with E-state index in [-0.39, 0.29) is 62.0 Å². The van der Waals surface area contributed by atoms with Gasteiger partial charge in [-0.15, -0.1) is 0 Å². The number of hydrogen-bond acceptors (Lipinski definition) is 12. The Morgan fingerprint density at radius 1 is 0.341 bits per heavy atom. The molecule has 18 heteroatoms. The first-order chi connectivity index (χ1) is 41.1. The fourth-order valence-corrected chi connectivity index (χ4v) is 10.7. The number of carbonyl (C=O) groups excluding carboxylic acids is 2. The molecule has 18 nitrogen and oxygen atoms in total. The fraction of sp³-hybridized carbons (Fsp3) is 0.134. The quantitative estimate of drug-likeness (QED) is 0.0870. The molecule has 0 aliphatic carbocycles. The third kappa shape index (κ3) is 10.6. The summed E-state index contributed by atoms with van der Waals surface area (Å²) in [6.07, 6.45) is 1.50. The number of amides is 2. The number of rotatable bonds is 16. The zero-order valence-electron chi connectivity index (χ0n) is 45.8. The molecule has 420 valence electrons. The van der Waals surface area contributed by atoms with Crippen LogP contribution in [0.15, 0.2) is 208 Å². The van der Waals surface area contributed by atoms with Crippen LogP contribution < -0.4 is 55.1 Å². The van der Waals surface area contributed by atoms with Crippen molar-refractivity contribution in [1.29, 1.82) is 0 Å². The van der Waals surface area contributed by atoms with Gasteiger partial charge in [0.1, 0.15) is 0 Å². The van der Waals surface area contributed by atoms with Crippen LogP contribution in [0.5, 0.6) is 0 Å². The number of nitrogens with zero attached hydrogens (tertiary/aromatic N) is 4. The van der Waals surface area contributed by atoms with Gasteiger partial charge in [-0.2, -0.15) is 0 Å². The van der Waals surface area contributed by atoms with Crippen molar-refractivity contribution < 1.29 is 19.1 Å². The Balaban J connectivity index is 0.626. The van der Waals surface area contributed by atoms with Crippen molar-refractivity contribution in [3.63, 3.8) is 0 Å². The Labute approximate surface area is 480 Å². The molecule has 0 saturated heterocycles. The van der Waals surface area contributed by atoms with Crippen LogP contribution in [0, 0.1) is 6.92 Å². The number of ether oxygens (including phenoxy) is 2. The predicted octanol–water partition coefficient (Wildman–Crippen LogP) is 8.30. The first kappa shape index (κ1) is 54.4. The van der Waals surface area contributed by atoms with Crippen LogP contribution in [0.3, 0.4) is 0 Å². The molecular weight excluding hydrogens is 1080 g/mol. The summed E-state index contributed by atoms with van der Waals surface area (Å²) < 4.78 is 14.6. The third-order valence-corrected chi connectivity index (χ3v) is 15.3. The highest BCUT2D eigenvalue weighted by molar-refractivity contribution is 5.99. The second-order valence-corrected chi connectivity index (χ2v) is 21.0. The normalized spacial score (nSPS) is 11.5. The van der Waals surface area contributed by atoms with Gasteiger partial charge in [0, 0.05) is 18.4 Å². The Morgan fingerprint density at radius 2 is 0.576 bits per heavy atom. The highest BCUT2D eigenvalue weighted by atomic mass is 16.6. The zero-order valence-corrected chi connectivity index (χ0v) is 45.8. The van der Waals surface area contributed by atoms with E-state index in [1.807, 2.05) is 36.4 Å². The van der Waals surface area contributed by atoms with Crippen molar-refractivity contribution in [3.05, 3.63) is 292 Å². The molecular formula is C67H50N6O12.